The number of halogens is 2. The highest BCUT2D eigenvalue weighted by Crippen LogP contribution is 2.24. The first-order valence-corrected chi connectivity index (χ1v) is 7.14. The first-order valence-electron chi connectivity index (χ1n) is 7.14. The molecule has 0 bridgehead atoms. The monoisotopic (exact) mass is 319 g/mol. The van der Waals surface area contributed by atoms with Crippen LogP contribution in [0.25, 0.3) is 0 Å². The molecule has 120 valence electrons. The fraction of sp³-hybridized carbons (Fsp3) is 0.250. The molecule has 0 fully saturated rings. The Hall–Kier alpha value is -2.54. The molecule has 0 radical (unpaired) electrons. The molecule has 0 N–H and O–H groups in total. The molecule has 0 aliphatic rings. The highest BCUT2D eigenvalue weighted by atomic mass is 19.1. The summed E-state index contributed by atoms with van der Waals surface area (Å²) in [6.45, 7) is 0.603. The lowest BCUT2D eigenvalue weighted by atomic mass is 10.2. The second-order valence-corrected chi connectivity index (χ2v) is 5.00. The van der Waals surface area contributed by atoms with E-state index in [4.69, 9.17) is 9.15 Å². The third-order valence-electron chi connectivity index (χ3n) is 3.40. The number of rotatable bonds is 7. The number of benzene rings is 1. The van der Waals surface area contributed by atoms with Gasteiger partial charge in [-0.25, -0.2) is 13.8 Å². The molecular formula is C16H15F2N3O2. The number of furan rings is 1. The number of ether oxygens (including phenoxy) is 1. The first kappa shape index (κ1) is 15.4. The van der Waals surface area contributed by atoms with Gasteiger partial charge >= 0.3 is 0 Å². The Labute approximate surface area is 131 Å². The van der Waals surface area contributed by atoms with Crippen molar-refractivity contribution in [2.75, 3.05) is 0 Å². The van der Waals surface area contributed by atoms with Gasteiger partial charge in [-0.05, 0) is 18.2 Å². The fourth-order valence-electron chi connectivity index (χ4n) is 2.21. The van der Waals surface area contributed by atoms with Gasteiger partial charge in [-0.3, -0.25) is 4.68 Å². The second-order valence-electron chi connectivity index (χ2n) is 5.00. The maximum absolute atomic E-state index is 13.7. The van der Waals surface area contributed by atoms with Crippen molar-refractivity contribution < 1.29 is 17.9 Å². The van der Waals surface area contributed by atoms with E-state index in [0.29, 0.717) is 24.3 Å². The molecule has 2 aromatic heterocycles. The molecule has 2 heterocycles. The summed E-state index contributed by atoms with van der Waals surface area (Å²) >= 11 is 0. The van der Waals surface area contributed by atoms with Gasteiger partial charge in [-0.1, -0.05) is 6.07 Å². The molecule has 0 saturated heterocycles. The van der Waals surface area contributed by atoms with Gasteiger partial charge in [0.25, 0.3) is 0 Å². The van der Waals surface area contributed by atoms with Crippen LogP contribution in [0.3, 0.4) is 0 Å². The summed E-state index contributed by atoms with van der Waals surface area (Å²) in [4.78, 5) is 3.88. The van der Waals surface area contributed by atoms with E-state index in [1.807, 2.05) is 0 Å². The molecule has 1 unspecified atom stereocenters. The molecule has 3 rings (SSSR count). The van der Waals surface area contributed by atoms with Crippen LogP contribution in [0.4, 0.5) is 8.78 Å². The predicted octanol–water partition coefficient (Wildman–Crippen LogP) is 3.50. The normalized spacial score (nSPS) is 12.4. The van der Waals surface area contributed by atoms with Crippen LogP contribution in [-0.4, -0.2) is 14.8 Å². The molecule has 0 amide bonds. The molecule has 5 nitrogen and oxygen atoms in total. The standard InChI is InChI=1S/C16H15F2N3O2/c17-13-4-3-12(14(18)8-13)9-23-16(15-2-1-7-22-15)5-6-21-11-19-10-20-21/h1-4,7-8,10-11,16H,5-6,9H2. The Bertz CT molecular complexity index is 730. The number of aromatic nitrogens is 3. The minimum absolute atomic E-state index is 0.0227. The number of aryl methyl sites for hydroxylation is 1. The van der Waals surface area contributed by atoms with Crippen molar-refractivity contribution >= 4 is 0 Å². The van der Waals surface area contributed by atoms with E-state index in [9.17, 15) is 8.78 Å². The van der Waals surface area contributed by atoms with E-state index in [1.54, 1.807) is 29.4 Å². The van der Waals surface area contributed by atoms with E-state index >= 15 is 0 Å². The summed E-state index contributed by atoms with van der Waals surface area (Å²) < 4.78 is 39.5. The third kappa shape index (κ3) is 4.01. The lowest BCUT2D eigenvalue weighted by Crippen LogP contribution is -2.09. The van der Waals surface area contributed by atoms with Crippen LogP contribution in [0.2, 0.25) is 0 Å². The van der Waals surface area contributed by atoms with Gasteiger partial charge in [-0.2, -0.15) is 5.10 Å². The van der Waals surface area contributed by atoms with E-state index in [0.717, 1.165) is 6.07 Å². The maximum Gasteiger partial charge on any atom is 0.137 e. The zero-order valence-corrected chi connectivity index (χ0v) is 12.2. The highest BCUT2D eigenvalue weighted by molar-refractivity contribution is 5.17. The molecule has 23 heavy (non-hydrogen) atoms. The van der Waals surface area contributed by atoms with E-state index < -0.39 is 11.6 Å². The molecule has 0 spiro atoms. The van der Waals surface area contributed by atoms with Crippen LogP contribution in [0.1, 0.15) is 23.8 Å². The van der Waals surface area contributed by atoms with Crippen molar-refractivity contribution in [2.45, 2.75) is 25.7 Å². The van der Waals surface area contributed by atoms with Gasteiger partial charge in [0.15, 0.2) is 0 Å². The van der Waals surface area contributed by atoms with Gasteiger partial charge in [-0.15, -0.1) is 0 Å². The van der Waals surface area contributed by atoms with E-state index in [2.05, 4.69) is 10.1 Å². The van der Waals surface area contributed by atoms with Crippen molar-refractivity contribution in [3.63, 3.8) is 0 Å². The molecule has 1 aromatic carbocycles. The minimum Gasteiger partial charge on any atom is -0.467 e. The smallest absolute Gasteiger partial charge is 0.137 e. The Morgan fingerprint density at radius 3 is 2.87 bits per heavy atom. The molecule has 3 aromatic rings. The minimum atomic E-state index is -0.625. The Morgan fingerprint density at radius 2 is 2.17 bits per heavy atom. The van der Waals surface area contributed by atoms with Crippen LogP contribution >= 0.6 is 0 Å². The zero-order chi connectivity index (χ0) is 16.1. The largest absolute Gasteiger partial charge is 0.467 e. The highest BCUT2D eigenvalue weighted by Gasteiger charge is 2.16. The molecule has 0 saturated carbocycles. The quantitative estimate of drug-likeness (QED) is 0.669. The summed E-state index contributed by atoms with van der Waals surface area (Å²) in [7, 11) is 0. The number of nitrogens with zero attached hydrogens (tertiary/aromatic N) is 3. The van der Waals surface area contributed by atoms with Crippen LogP contribution < -0.4 is 0 Å². The summed E-state index contributed by atoms with van der Waals surface area (Å²) in [5.74, 6) is -0.591. The van der Waals surface area contributed by atoms with E-state index in [1.165, 1.54) is 18.5 Å². The van der Waals surface area contributed by atoms with Crippen LogP contribution in [0.15, 0.2) is 53.7 Å². The summed E-state index contributed by atoms with van der Waals surface area (Å²) in [6, 6.07) is 6.99. The number of hydrogen-bond acceptors (Lipinski definition) is 4. The van der Waals surface area contributed by atoms with Gasteiger partial charge in [0.2, 0.25) is 0 Å². The molecule has 0 aliphatic carbocycles. The molecular weight excluding hydrogens is 304 g/mol. The van der Waals surface area contributed by atoms with Crippen molar-refractivity contribution in [3.8, 4) is 0 Å². The maximum atomic E-state index is 13.7. The van der Waals surface area contributed by atoms with Gasteiger partial charge < -0.3 is 9.15 Å². The van der Waals surface area contributed by atoms with Crippen molar-refractivity contribution in [1.29, 1.82) is 0 Å². The Morgan fingerprint density at radius 1 is 1.26 bits per heavy atom. The molecule has 1 atom stereocenters. The average molecular weight is 319 g/mol. The second kappa shape index (κ2) is 7.15. The zero-order valence-electron chi connectivity index (χ0n) is 12.2. The van der Waals surface area contributed by atoms with Crippen LogP contribution in [0, 0.1) is 11.6 Å². The van der Waals surface area contributed by atoms with Crippen molar-refractivity contribution in [2.24, 2.45) is 0 Å². The lowest BCUT2D eigenvalue weighted by Gasteiger charge is -2.16. The Kier molecular flexibility index (Phi) is 4.77. The van der Waals surface area contributed by atoms with Gasteiger partial charge in [0, 0.05) is 24.6 Å². The first-order chi connectivity index (χ1) is 11.2. The van der Waals surface area contributed by atoms with Crippen molar-refractivity contribution in [3.05, 3.63) is 72.2 Å². The topological polar surface area (TPSA) is 53.1 Å². The number of hydrogen-bond donors (Lipinski definition) is 0. The van der Waals surface area contributed by atoms with E-state index in [-0.39, 0.29) is 12.7 Å². The third-order valence-corrected chi connectivity index (χ3v) is 3.40. The SMILES string of the molecule is Fc1ccc(COC(CCn2cncn2)c2ccco2)c(F)c1. The van der Waals surface area contributed by atoms with Gasteiger partial charge in [0.05, 0.1) is 12.9 Å². The lowest BCUT2D eigenvalue weighted by molar-refractivity contribution is 0.0151. The van der Waals surface area contributed by atoms with Crippen molar-refractivity contribution in [1.82, 2.24) is 14.8 Å². The summed E-state index contributed by atoms with van der Waals surface area (Å²) in [5.41, 5.74) is 0.295. The molecule has 0 aliphatic heterocycles. The van der Waals surface area contributed by atoms with Crippen LogP contribution in [-0.2, 0) is 17.9 Å². The summed E-state index contributed by atoms with van der Waals surface area (Å²) in [5, 5.41) is 4.03. The van der Waals surface area contributed by atoms with Crippen LogP contribution in [0.5, 0.6) is 0 Å². The average Bonchev–Trinajstić information content (AvgIpc) is 3.22. The Balaban J connectivity index is 1.66. The fourth-order valence-corrected chi connectivity index (χ4v) is 2.21. The summed E-state index contributed by atoms with van der Waals surface area (Å²) in [6.07, 6.45) is 4.84. The molecule has 7 heteroatoms. The van der Waals surface area contributed by atoms with Gasteiger partial charge in [0.1, 0.15) is 36.2 Å². The predicted molar refractivity (Wildman–Crippen MR) is 77.2 cm³/mol.